The van der Waals surface area contributed by atoms with E-state index in [1.165, 1.54) is 7.11 Å². The van der Waals surface area contributed by atoms with Gasteiger partial charge in [-0.3, -0.25) is 4.90 Å². The lowest BCUT2D eigenvalue weighted by atomic mass is 9.97. The number of benzene rings is 2. The van der Waals surface area contributed by atoms with Crippen molar-refractivity contribution >= 4 is 18.1 Å². The predicted octanol–water partition coefficient (Wildman–Crippen LogP) is 6.38. The van der Waals surface area contributed by atoms with Crippen LogP contribution in [-0.4, -0.2) is 41.4 Å². The number of amides is 1. The lowest BCUT2D eigenvalue weighted by Crippen LogP contribution is -2.49. The van der Waals surface area contributed by atoms with Gasteiger partial charge in [0.1, 0.15) is 17.4 Å². The van der Waals surface area contributed by atoms with Gasteiger partial charge in [0.05, 0.1) is 18.7 Å². The monoisotopic (exact) mass is 465 g/mol. The number of ether oxygens (including phenoxy) is 3. The standard InChI is InChI=1S/C28H35NO5/c1-27(2,3)34-26(31)29-23(24(33-28(29,4)5)21-13-8-7-9-14-21)15-11-10-12-20-16-18-22(19-17-20)25(30)32-6/h7-10,12-14,16-19,23-24H,11,15H2,1-6H3. The van der Waals surface area contributed by atoms with E-state index < -0.39 is 11.3 Å². The van der Waals surface area contributed by atoms with E-state index in [1.54, 1.807) is 17.0 Å². The molecule has 182 valence electrons. The summed E-state index contributed by atoms with van der Waals surface area (Å²) in [4.78, 5) is 26.6. The van der Waals surface area contributed by atoms with Crippen LogP contribution in [0.15, 0.2) is 60.7 Å². The van der Waals surface area contributed by atoms with Crippen molar-refractivity contribution in [1.82, 2.24) is 4.90 Å². The molecule has 2 aromatic rings. The Labute approximate surface area is 202 Å². The molecule has 1 heterocycles. The molecule has 2 atom stereocenters. The Morgan fingerprint density at radius 1 is 1.06 bits per heavy atom. The molecule has 6 nitrogen and oxygen atoms in total. The molecule has 0 bridgehead atoms. The third-order valence-corrected chi connectivity index (χ3v) is 5.67. The number of rotatable bonds is 6. The van der Waals surface area contributed by atoms with Crippen LogP contribution in [0.4, 0.5) is 4.79 Å². The van der Waals surface area contributed by atoms with Crippen LogP contribution in [-0.2, 0) is 14.2 Å². The Bertz CT molecular complexity index is 1010. The molecule has 0 aromatic heterocycles. The number of allylic oxidation sites excluding steroid dienone is 1. The summed E-state index contributed by atoms with van der Waals surface area (Å²) in [6.45, 7) is 9.42. The maximum absolute atomic E-state index is 13.2. The third-order valence-electron chi connectivity index (χ3n) is 5.67. The summed E-state index contributed by atoms with van der Waals surface area (Å²) in [5, 5.41) is 0. The molecule has 1 aliphatic heterocycles. The maximum Gasteiger partial charge on any atom is 0.412 e. The smallest absolute Gasteiger partial charge is 0.412 e. The molecule has 34 heavy (non-hydrogen) atoms. The molecule has 0 spiro atoms. The van der Waals surface area contributed by atoms with E-state index in [0.717, 1.165) is 17.5 Å². The first-order chi connectivity index (χ1) is 16.0. The van der Waals surface area contributed by atoms with Gasteiger partial charge in [0.2, 0.25) is 0 Å². The second-order valence-electron chi connectivity index (χ2n) is 9.91. The number of methoxy groups -OCH3 is 1. The quantitative estimate of drug-likeness (QED) is 0.463. The largest absolute Gasteiger partial charge is 0.465 e. The van der Waals surface area contributed by atoms with E-state index in [9.17, 15) is 9.59 Å². The Balaban J connectivity index is 1.78. The summed E-state index contributed by atoms with van der Waals surface area (Å²) in [6.07, 6.45) is 4.91. The number of hydrogen-bond acceptors (Lipinski definition) is 5. The van der Waals surface area contributed by atoms with Crippen molar-refractivity contribution in [3.63, 3.8) is 0 Å². The number of nitrogens with zero attached hydrogens (tertiary/aromatic N) is 1. The minimum atomic E-state index is -0.805. The van der Waals surface area contributed by atoms with E-state index in [1.807, 2.05) is 83.2 Å². The molecular weight excluding hydrogens is 430 g/mol. The average Bonchev–Trinajstić information content (AvgIpc) is 3.06. The Hall–Kier alpha value is -3.12. The fraction of sp³-hybridized carbons (Fsp3) is 0.429. The minimum Gasteiger partial charge on any atom is -0.465 e. The van der Waals surface area contributed by atoms with Gasteiger partial charge in [0.15, 0.2) is 0 Å². The molecule has 0 N–H and O–H groups in total. The number of carbonyl (C=O) groups is 2. The van der Waals surface area contributed by atoms with Gasteiger partial charge in [-0.05, 0) is 70.7 Å². The van der Waals surface area contributed by atoms with Crippen molar-refractivity contribution in [1.29, 1.82) is 0 Å². The first-order valence-electron chi connectivity index (χ1n) is 11.6. The van der Waals surface area contributed by atoms with E-state index in [-0.39, 0.29) is 24.2 Å². The molecular formula is C28H35NO5. The van der Waals surface area contributed by atoms with Crippen molar-refractivity contribution in [2.24, 2.45) is 0 Å². The summed E-state index contributed by atoms with van der Waals surface area (Å²) in [7, 11) is 1.37. The molecule has 3 rings (SSSR count). The van der Waals surface area contributed by atoms with E-state index in [2.05, 4.69) is 6.08 Å². The first kappa shape index (κ1) is 25.5. The average molecular weight is 466 g/mol. The minimum absolute atomic E-state index is 0.182. The van der Waals surface area contributed by atoms with Crippen LogP contribution in [0, 0.1) is 0 Å². The summed E-state index contributed by atoms with van der Waals surface area (Å²) >= 11 is 0. The number of hydrogen-bond donors (Lipinski definition) is 0. The second kappa shape index (κ2) is 10.4. The van der Waals surface area contributed by atoms with Crippen molar-refractivity contribution in [3.05, 3.63) is 77.4 Å². The SMILES string of the molecule is COC(=O)c1ccc(C=CCCC2C(c3ccccc3)OC(C)(C)N2C(=O)OC(C)(C)C)cc1. The van der Waals surface area contributed by atoms with Crippen LogP contribution in [0.5, 0.6) is 0 Å². The fourth-order valence-electron chi connectivity index (χ4n) is 4.20. The highest BCUT2D eigenvalue weighted by atomic mass is 16.6. The zero-order valence-corrected chi connectivity index (χ0v) is 20.9. The van der Waals surface area contributed by atoms with Gasteiger partial charge >= 0.3 is 12.1 Å². The van der Waals surface area contributed by atoms with Gasteiger partial charge in [0.25, 0.3) is 0 Å². The van der Waals surface area contributed by atoms with Crippen LogP contribution >= 0.6 is 0 Å². The number of carbonyl (C=O) groups excluding carboxylic acids is 2. The first-order valence-corrected chi connectivity index (χ1v) is 11.6. The molecule has 1 amide bonds. The highest BCUT2D eigenvalue weighted by Crippen LogP contribution is 2.43. The molecule has 6 heteroatoms. The van der Waals surface area contributed by atoms with Crippen molar-refractivity contribution in [3.8, 4) is 0 Å². The maximum atomic E-state index is 13.2. The second-order valence-corrected chi connectivity index (χ2v) is 9.91. The van der Waals surface area contributed by atoms with Gasteiger partial charge < -0.3 is 14.2 Å². The zero-order valence-electron chi connectivity index (χ0n) is 20.9. The molecule has 1 saturated heterocycles. The topological polar surface area (TPSA) is 65.1 Å². The molecule has 2 unspecified atom stereocenters. The fourth-order valence-corrected chi connectivity index (χ4v) is 4.20. The van der Waals surface area contributed by atoms with Crippen LogP contribution in [0.1, 0.15) is 75.0 Å². The van der Waals surface area contributed by atoms with E-state index in [0.29, 0.717) is 12.0 Å². The van der Waals surface area contributed by atoms with Gasteiger partial charge in [-0.2, -0.15) is 0 Å². The molecule has 0 saturated carbocycles. The van der Waals surface area contributed by atoms with Gasteiger partial charge in [-0.25, -0.2) is 9.59 Å². The highest BCUT2D eigenvalue weighted by Gasteiger charge is 2.51. The van der Waals surface area contributed by atoms with Crippen LogP contribution in [0.2, 0.25) is 0 Å². The summed E-state index contributed by atoms with van der Waals surface area (Å²) in [5.41, 5.74) is 1.14. The lowest BCUT2D eigenvalue weighted by Gasteiger charge is -2.35. The van der Waals surface area contributed by atoms with Crippen molar-refractivity contribution < 1.29 is 23.8 Å². The van der Waals surface area contributed by atoms with E-state index >= 15 is 0 Å². The molecule has 0 aliphatic carbocycles. The normalized spacial score (nSPS) is 19.9. The molecule has 1 fully saturated rings. The van der Waals surface area contributed by atoms with Crippen molar-refractivity contribution in [2.75, 3.05) is 7.11 Å². The molecule has 0 radical (unpaired) electrons. The number of esters is 1. The lowest BCUT2D eigenvalue weighted by molar-refractivity contribution is -0.0796. The Morgan fingerprint density at radius 2 is 1.71 bits per heavy atom. The zero-order chi connectivity index (χ0) is 24.9. The van der Waals surface area contributed by atoms with Gasteiger partial charge in [-0.1, -0.05) is 54.6 Å². The van der Waals surface area contributed by atoms with Crippen LogP contribution < -0.4 is 0 Å². The highest BCUT2D eigenvalue weighted by molar-refractivity contribution is 5.89. The summed E-state index contributed by atoms with van der Waals surface area (Å²) in [6, 6.07) is 17.1. The van der Waals surface area contributed by atoms with Crippen LogP contribution in [0.3, 0.4) is 0 Å². The summed E-state index contributed by atoms with van der Waals surface area (Å²) in [5.74, 6) is -0.353. The van der Waals surface area contributed by atoms with Gasteiger partial charge in [0, 0.05) is 0 Å². The summed E-state index contributed by atoms with van der Waals surface area (Å²) < 4.78 is 16.9. The van der Waals surface area contributed by atoms with Crippen molar-refractivity contribution in [2.45, 2.75) is 70.9 Å². The predicted molar refractivity (Wildman–Crippen MR) is 132 cm³/mol. The van der Waals surface area contributed by atoms with Crippen LogP contribution in [0.25, 0.3) is 6.08 Å². The molecule has 2 aromatic carbocycles. The van der Waals surface area contributed by atoms with E-state index in [4.69, 9.17) is 14.2 Å². The Kier molecular flexibility index (Phi) is 7.82. The molecule has 1 aliphatic rings. The third kappa shape index (κ3) is 6.26. The van der Waals surface area contributed by atoms with Gasteiger partial charge in [-0.15, -0.1) is 0 Å². The Morgan fingerprint density at radius 3 is 2.29 bits per heavy atom.